The molecular weight excluding hydrogens is 604 g/mol. The predicted octanol–water partition coefficient (Wildman–Crippen LogP) is 6.90. The minimum atomic E-state index is -0.315. The summed E-state index contributed by atoms with van der Waals surface area (Å²) in [6, 6.07) is 21.8. The van der Waals surface area contributed by atoms with Crippen LogP contribution in [0.25, 0.3) is 10.9 Å². The van der Waals surface area contributed by atoms with Gasteiger partial charge in [-0.05, 0) is 67.7 Å². The Kier molecular flexibility index (Phi) is 9.04. The van der Waals surface area contributed by atoms with Crippen LogP contribution in [0.5, 0.6) is 5.75 Å². The molecule has 0 saturated carbocycles. The highest BCUT2D eigenvalue weighted by Crippen LogP contribution is 2.36. The average molecular weight is 639 g/mol. The molecule has 1 aliphatic rings. The summed E-state index contributed by atoms with van der Waals surface area (Å²) < 4.78 is 5.88. The number of para-hydroxylation sites is 1. The third kappa shape index (κ3) is 6.60. The summed E-state index contributed by atoms with van der Waals surface area (Å²) in [5.74, 6) is 1.34. The number of urea groups is 1. The van der Waals surface area contributed by atoms with Gasteiger partial charge in [-0.25, -0.2) is 9.78 Å². The smallest absolute Gasteiger partial charge is 0.330 e. The number of benzene rings is 3. The molecule has 6 rings (SSSR count). The summed E-state index contributed by atoms with van der Waals surface area (Å²) in [5.41, 5.74) is 3.79. The number of hydrogen-bond donors (Lipinski definition) is 3. The molecule has 0 radical (unpaired) electrons. The van der Waals surface area contributed by atoms with Crippen LogP contribution in [0.2, 0.25) is 5.02 Å². The molecule has 0 saturated heterocycles. The lowest BCUT2D eigenvalue weighted by Crippen LogP contribution is -2.46. The van der Waals surface area contributed by atoms with Crippen LogP contribution in [-0.2, 0) is 6.54 Å². The number of carbonyl (C=O) groups is 2. The third-order valence-corrected chi connectivity index (χ3v) is 8.28. The molecule has 0 atom stereocenters. The number of amides is 3. The third-order valence-electron chi connectivity index (χ3n) is 7.96. The summed E-state index contributed by atoms with van der Waals surface area (Å²) in [7, 11) is 1.66. The van der Waals surface area contributed by atoms with E-state index in [-0.39, 0.29) is 18.5 Å². The number of aromatic nitrogens is 3. The van der Waals surface area contributed by atoms with E-state index in [2.05, 4.69) is 44.3 Å². The van der Waals surface area contributed by atoms with Crippen molar-refractivity contribution in [1.29, 1.82) is 0 Å². The Bertz CT molecular complexity index is 1840. The van der Waals surface area contributed by atoms with Crippen molar-refractivity contribution in [3.63, 3.8) is 0 Å². The number of aromatic amines is 1. The maximum atomic E-state index is 13.6. The van der Waals surface area contributed by atoms with Gasteiger partial charge in [0, 0.05) is 47.6 Å². The number of nitrogens with zero attached hydrogens (tertiary/aromatic N) is 5. The molecule has 0 fully saturated rings. The van der Waals surface area contributed by atoms with E-state index in [4.69, 9.17) is 16.3 Å². The summed E-state index contributed by atoms with van der Waals surface area (Å²) in [4.78, 5) is 44.2. The first-order valence-corrected chi connectivity index (χ1v) is 15.5. The van der Waals surface area contributed by atoms with Crippen LogP contribution >= 0.6 is 11.6 Å². The molecule has 0 aliphatic carbocycles. The van der Waals surface area contributed by atoms with Gasteiger partial charge in [-0.3, -0.25) is 14.6 Å². The normalized spacial score (nSPS) is 12.8. The molecule has 5 aromatic rings. The summed E-state index contributed by atoms with van der Waals surface area (Å²) >= 11 is 6.57. The van der Waals surface area contributed by atoms with Crippen LogP contribution in [0.15, 0.2) is 79.0 Å². The zero-order valence-electron chi connectivity index (χ0n) is 25.9. The van der Waals surface area contributed by atoms with Crippen molar-refractivity contribution in [1.82, 2.24) is 19.9 Å². The second-order valence-corrected chi connectivity index (χ2v) is 11.3. The lowest BCUT2D eigenvalue weighted by Gasteiger charge is -2.34. The van der Waals surface area contributed by atoms with Crippen LogP contribution in [0.3, 0.4) is 0 Å². The van der Waals surface area contributed by atoms with Gasteiger partial charge >= 0.3 is 6.03 Å². The van der Waals surface area contributed by atoms with Gasteiger partial charge in [0.15, 0.2) is 0 Å². The van der Waals surface area contributed by atoms with Crippen LogP contribution in [0.4, 0.5) is 33.6 Å². The first-order chi connectivity index (χ1) is 22.3. The van der Waals surface area contributed by atoms with E-state index in [1.54, 1.807) is 42.4 Å². The van der Waals surface area contributed by atoms with Crippen molar-refractivity contribution in [2.45, 2.75) is 20.4 Å². The van der Waals surface area contributed by atoms with E-state index in [1.807, 2.05) is 48.5 Å². The summed E-state index contributed by atoms with van der Waals surface area (Å²) in [5, 5.41) is 7.42. The van der Waals surface area contributed by atoms with Crippen molar-refractivity contribution < 1.29 is 14.3 Å². The van der Waals surface area contributed by atoms with Gasteiger partial charge in [-0.1, -0.05) is 43.6 Å². The van der Waals surface area contributed by atoms with Crippen LogP contribution in [0, 0.1) is 0 Å². The number of anilines is 5. The van der Waals surface area contributed by atoms with E-state index in [9.17, 15) is 9.59 Å². The molecule has 3 heterocycles. The maximum absolute atomic E-state index is 13.6. The molecule has 236 valence electrons. The molecule has 11 nitrogen and oxygen atoms in total. The number of likely N-dealkylation sites (N-methyl/N-ethyl adjacent to an activating group) is 1. The van der Waals surface area contributed by atoms with Gasteiger partial charge in [-0.15, -0.1) is 0 Å². The molecular formula is C34H35ClN8O3. The highest BCUT2D eigenvalue weighted by Gasteiger charge is 2.32. The first kappa shape index (κ1) is 30.9. The first-order valence-electron chi connectivity index (χ1n) is 15.1. The van der Waals surface area contributed by atoms with E-state index in [0.29, 0.717) is 40.5 Å². The van der Waals surface area contributed by atoms with Crippen LogP contribution in [0.1, 0.15) is 29.9 Å². The second kappa shape index (κ2) is 13.5. The molecule has 1 aliphatic heterocycles. The van der Waals surface area contributed by atoms with Crippen LogP contribution in [-0.4, -0.2) is 65.1 Å². The molecule has 0 spiro atoms. The Balaban J connectivity index is 1.13. The zero-order valence-corrected chi connectivity index (χ0v) is 26.6. The number of hydrogen-bond acceptors (Lipinski definition) is 7. The number of ether oxygens (including phenoxy) is 1. The summed E-state index contributed by atoms with van der Waals surface area (Å²) in [6.45, 7) is 7.97. The number of carbonyl (C=O) groups excluding carboxylic acids is 2. The average Bonchev–Trinajstić information content (AvgIpc) is 3.52. The highest BCUT2D eigenvalue weighted by molar-refractivity contribution is 6.34. The fraction of sp³-hybridized carbons (Fsp3) is 0.235. The number of nitrogens with one attached hydrogen (secondary N) is 3. The quantitative estimate of drug-likeness (QED) is 0.144. The van der Waals surface area contributed by atoms with Gasteiger partial charge in [0.25, 0.3) is 5.91 Å². The number of H-pyrrole nitrogens is 1. The second-order valence-electron chi connectivity index (χ2n) is 10.9. The lowest BCUT2D eigenvalue weighted by molar-refractivity contribution is 0.102. The van der Waals surface area contributed by atoms with E-state index in [1.165, 1.54) is 4.90 Å². The molecule has 46 heavy (non-hydrogen) atoms. The van der Waals surface area contributed by atoms with Gasteiger partial charge in [-0.2, -0.15) is 4.98 Å². The molecule has 12 heteroatoms. The number of rotatable bonds is 11. The van der Waals surface area contributed by atoms with Crippen LogP contribution < -0.4 is 25.2 Å². The van der Waals surface area contributed by atoms with E-state index in [0.717, 1.165) is 47.5 Å². The van der Waals surface area contributed by atoms with Gasteiger partial charge < -0.3 is 25.3 Å². The van der Waals surface area contributed by atoms with E-state index >= 15 is 0 Å². The Labute approximate surface area is 272 Å². The molecule has 3 amide bonds. The van der Waals surface area contributed by atoms with E-state index < -0.39 is 0 Å². The van der Waals surface area contributed by atoms with Gasteiger partial charge in [0.2, 0.25) is 5.95 Å². The Morgan fingerprint density at radius 1 is 1.04 bits per heavy atom. The minimum absolute atomic E-state index is 0.206. The zero-order chi connectivity index (χ0) is 32.2. The molecule has 0 unspecified atom stereocenters. The maximum Gasteiger partial charge on any atom is 0.330 e. The monoisotopic (exact) mass is 638 g/mol. The Morgan fingerprint density at radius 3 is 2.57 bits per heavy atom. The van der Waals surface area contributed by atoms with Crippen molar-refractivity contribution in [3.8, 4) is 5.75 Å². The fourth-order valence-electron chi connectivity index (χ4n) is 5.35. The Hall–Kier alpha value is -5.13. The summed E-state index contributed by atoms with van der Waals surface area (Å²) in [6.07, 6.45) is 1.70. The molecule has 0 bridgehead atoms. The Morgan fingerprint density at radius 2 is 1.80 bits per heavy atom. The van der Waals surface area contributed by atoms with Crippen molar-refractivity contribution in [2.24, 2.45) is 0 Å². The SMILES string of the molecule is CCN(CC)CCOc1ccc(Nc2ncc3c(n2)N(C)C(=O)N(c2cc(NC(=O)c4cc5ccccc5[nH]4)ccc2Cl)C3)cc1. The number of halogens is 1. The van der Waals surface area contributed by atoms with Crippen molar-refractivity contribution in [3.05, 3.63) is 95.3 Å². The standard InChI is InChI=1S/C34H35ClN8O3/c1-4-42(5-2)16-17-46-26-13-10-24(11-14-26)38-33-36-20-23-21-43(34(45)41(3)31(23)40-33)30-19-25(12-15-27(30)35)37-32(44)29-18-22-8-6-7-9-28(22)39-29/h6-15,18-20,39H,4-5,16-17,21H2,1-3H3,(H,37,44)(H,36,38,40). The number of fused-ring (bicyclic) bond motifs is 2. The molecule has 2 aromatic heterocycles. The predicted molar refractivity (Wildman–Crippen MR) is 183 cm³/mol. The molecule has 3 aromatic carbocycles. The van der Waals surface area contributed by atoms with Gasteiger partial charge in [0.1, 0.15) is 23.9 Å². The molecule has 3 N–H and O–H groups in total. The van der Waals surface area contributed by atoms with Crippen molar-refractivity contribution >= 4 is 63.3 Å². The van der Waals surface area contributed by atoms with Gasteiger partial charge in [0.05, 0.1) is 17.3 Å². The largest absolute Gasteiger partial charge is 0.492 e. The minimum Gasteiger partial charge on any atom is -0.492 e. The topological polar surface area (TPSA) is 119 Å². The van der Waals surface area contributed by atoms with Crippen molar-refractivity contribution in [2.75, 3.05) is 53.7 Å². The fourth-order valence-corrected chi connectivity index (χ4v) is 5.56. The highest BCUT2D eigenvalue weighted by atomic mass is 35.5. The lowest BCUT2D eigenvalue weighted by atomic mass is 10.2.